The topological polar surface area (TPSA) is 140 Å². The molecule has 0 spiro atoms. The number of aromatic nitrogens is 6. The molecular formula is C33H51ClN10O2. The second kappa shape index (κ2) is 24.1. The third-order valence-electron chi connectivity index (χ3n) is 6.21. The molecule has 0 bridgehead atoms. The van der Waals surface area contributed by atoms with Gasteiger partial charge in [0.25, 0.3) is 0 Å². The first-order chi connectivity index (χ1) is 21.8. The van der Waals surface area contributed by atoms with Gasteiger partial charge in [0.05, 0.1) is 11.4 Å². The van der Waals surface area contributed by atoms with E-state index in [0.29, 0.717) is 30.5 Å². The summed E-state index contributed by atoms with van der Waals surface area (Å²) in [6.07, 6.45) is 15.9. The quantitative estimate of drug-likeness (QED) is 0.104. The largest absolute Gasteiger partial charge is 0.391 e. The fraction of sp³-hybridized carbons (Fsp3) is 0.455. The lowest BCUT2D eigenvalue weighted by Crippen LogP contribution is -2.47. The van der Waals surface area contributed by atoms with E-state index in [0.717, 1.165) is 28.4 Å². The second-order valence-corrected chi connectivity index (χ2v) is 10.8. The number of pyridine rings is 2. The maximum absolute atomic E-state index is 5.62. The van der Waals surface area contributed by atoms with Crippen molar-refractivity contribution in [1.29, 1.82) is 0 Å². The lowest BCUT2D eigenvalue weighted by Gasteiger charge is -2.30. The minimum Gasteiger partial charge on any atom is -0.391 e. The SMILES string of the molecule is C.CC(C)=NOCc1ccc(-n2cccn2)nc1.CC(C)=NOCc1ccc(Cl)nc1.CN[C@H]1CCCC[C@@H]1NC.c1cn[nH]c1. The van der Waals surface area contributed by atoms with E-state index in [2.05, 4.69) is 60.3 Å². The van der Waals surface area contributed by atoms with E-state index in [-0.39, 0.29) is 7.43 Å². The van der Waals surface area contributed by atoms with Crippen LogP contribution < -0.4 is 10.6 Å². The number of aromatic amines is 1. The molecule has 4 aromatic rings. The molecule has 4 aromatic heterocycles. The first-order valence-corrected chi connectivity index (χ1v) is 15.3. The molecule has 4 heterocycles. The first kappa shape index (κ1) is 39.9. The Kier molecular flexibility index (Phi) is 20.9. The number of likely N-dealkylation sites (N-methyl/N-ethyl adjacent to an activating group) is 2. The minimum absolute atomic E-state index is 0. The molecule has 0 unspecified atom stereocenters. The Morgan fingerprint density at radius 3 is 1.83 bits per heavy atom. The Labute approximate surface area is 279 Å². The number of rotatable bonds is 9. The first-order valence-electron chi connectivity index (χ1n) is 14.9. The van der Waals surface area contributed by atoms with Crippen molar-refractivity contribution in [1.82, 2.24) is 40.6 Å². The second-order valence-electron chi connectivity index (χ2n) is 10.4. The average molecular weight is 655 g/mol. The summed E-state index contributed by atoms with van der Waals surface area (Å²) in [5.74, 6) is 0.786. The number of H-pyrrole nitrogens is 1. The zero-order valence-corrected chi connectivity index (χ0v) is 27.9. The van der Waals surface area contributed by atoms with E-state index in [9.17, 15) is 0 Å². The zero-order chi connectivity index (χ0) is 32.7. The van der Waals surface area contributed by atoms with Gasteiger partial charge >= 0.3 is 0 Å². The Morgan fingerprint density at radius 2 is 1.46 bits per heavy atom. The number of hydrogen-bond donors (Lipinski definition) is 3. The van der Waals surface area contributed by atoms with E-state index in [1.165, 1.54) is 25.7 Å². The predicted molar refractivity (Wildman–Crippen MR) is 187 cm³/mol. The van der Waals surface area contributed by atoms with Crippen molar-refractivity contribution in [3.63, 3.8) is 0 Å². The van der Waals surface area contributed by atoms with Crippen LogP contribution in [0.2, 0.25) is 5.15 Å². The van der Waals surface area contributed by atoms with Crippen LogP contribution in [0.4, 0.5) is 0 Å². The minimum atomic E-state index is 0. The van der Waals surface area contributed by atoms with Gasteiger partial charge in [-0.15, -0.1) is 0 Å². The molecule has 12 nitrogen and oxygen atoms in total. The van der Waals surface area contributed by atoms with Crippen molar-refractivity contribution in [2.24, 2.45) is 10.3 Å². The van der Waals surface area contributed by atoms with Crippen LogP contribution in [0.5, 0.6) is 0 Å². The van der Waals surface area contributed by atoms with Crippen LogP contribution in [0.25, 0.3) is 5.82 Å². The summed E-state index contributed by atoms with van der Waals surface area (Å²) in [7, 11) is 4.11. The van der Waals surface area contributed by atoms with E-state index in [1.54, 1.807) is 41.7 Å². The molecule has 252 valence electrons. The van der Waals surface area contributed by atoms with Gasteiger partial charge in [0.15, 0.2) is 5.82 Å². The summed E-state index contributed by atoms with van der Waals surface area (Å²) in [6, 6.07) is 12.5. The van der Waals surface area contributed by atoms with Crippen molar-refractivity contribution in [2.45, 2.75) is 86.1 Å². The molecule has 3 N–H and O–H groups in total. The molecule has 1 aliphatic carbocycles. The fourth-order valence-electron chi connectivity index (χ4n) is 4.04. The smallest absolute Gasteiger partial charge is 0.153 e. The number of nitrogens with one attached hydrogen (secondary N) is 3. The molecule has 0 aromatic carbocycles. The maximum Gasteiger partial charge on any atom is 0.153 e. The summed E-state index contributed by atoms with van der Waals surface area (Å²) in [4.78, 5) is 18.4. The van der Waals surface area contributed by atoms with Gasteiger partial charge in [0.2, 0.25) is 0 Å². The molecule has 0 aliphatic heterocycles. The summed E-state index contributed by atoms with van der Waals surface area (Å²) >= 11 is 5.62. The van der Waals surface area contributed by atoms with Gasteiger partial charge in [-0.05, 0) is 78.9 Å². The summed E-state index contributed by atoms with van der Waals surface area (Å²) in [5, 5.41) is 25.1. The van der Waals surface area contributed by atoms with Crippen LogP contribution in [0.1, 0.15) is 71.9 Å². The molecule has 2 atom stereocenters. The fourth-order valence-corrected chi connectivity index (χ4v) is 4.15. The van der Waals surface area contributed by atoms with Gasteiger partial charge in [-0.1, -0.05) is 54.3 Å². The maximum atomic E-state index is 5.62. The number of hydrogen-bond acceptors (Lipinski definition) is 10. The summed E-state index contributed by atoms with van der Waals surface area (Å²) < 4.78 is 1.71. The van der Waals surface area contributed by atoms with Gasteiger partial charge in [0, 0.05) is 60.4 Å². The molecular weight excluding hydrogens is 604 g/mol. The number of oxime groups is 2. The van der Waals surface area contributed by atoms with Crippen LogP contribution in [-0.4, -0.2) is 67.5 Å². The summed E-state index contributed by atoms with van der Waals surface area (Å²) in [6.45, 7) is 8.38. The van der Waals surface area contributed by atoms with Gasteiger partial charge in [-0.2, -0.15) is 10.2 Å². The lowest BCUT2D eigenvalue weighted by molar-refractivity contribution is 0.130. The molecule has 5 rings (SSSR count). The summed E-state index contributed by atoms with van der Waals surface area (Å²) in [5.41, 5.74) is 3.72. The van der Waals surface area contributed by atoms with Crippen LogP contribution in [0.3, 0.4) is 0 Å². The monoisotopic (exact) mass is 654 g/mol. The molecule has 46 heavy (non-hydrogen) atoms. The average Bonchev–Trinajstić information content (AvgIpc) is 3.81. The normalized spacial score (nSPS) is 14.7. The number of nitrogens with zero attached hydrogens (tertiary/aromatic N) is 7. The molecule has 13 heteroatoms. The van der Waals surface area contributed by atoms with Crippen LogP contribution in [0, 0.1) is 0 Å². The van der Waals surface area contributed by atoms with Crippen molar-refractivity contribution >= 4 is 23.0 Å². The van der Waals surface area contributed by atoms with Gasteiger partial charge in [-0.25, -0.2) is 14.6 Å². The van der Waals surface area contributed by atoms with E-state index < -0.39 is 0 Å². The van der Waals surface area contributed by atoms with Crippen LogP contribution in [0.15, 0.2) is 83.9 Å². The Morgan fingerprint density at radius 1 is 0.870 bits per heavy atom. The molecule has 1 saturated carbocycles. The molecule has 0 radical (unpaired) electrons. The molecule has 0 amide bonds. The van der Waals surface area contributed by atoms with Gasteiger partial charge < -0.3 is 20.3 Å². The highest BCUT2D eigenvalue weighted by Gasteiger charge is 2.21. The van der Waals surface area contributed by atoms with E-state index >= 15 is 0 Å². The lowest BCUT2D eigenvalue weighted by atomic mass is 9.91. The van der Waals surface area contributed by atoms with E-state index in [1.807, 2.05) is 64.2 Å². The third kappa shape index (κ3) is 17.4. The van der Waals surface area contributed by atoms with E-state index in [4.69, 9.17) is 21.3 Å². The standard InChI is InChI=1S/C12H14N4O.C9H11ClN2O.C8H18N2.C3H4N2.CH4/c1-10(2)15-17-9-11-4-5-12(13-8-11)16-7-3-6-14-16;1-7(2)12-13-6-8-3-4-9(10)11-5-8;1-9-7-5-3-4-6-8(7)10-2;1-2-4-5-3-1;/h3-8H,9H2,1-2H3;3-5H,6H2,1-2H3;7-10H,3-6H2,1-2H3;1-3H,(H,4,5);1H4/t;;7-,8-;;/m..0../s1. The van der Waals surface area contributed by atoms with Crippen molar-refractivity contribution in [3.8, 4) is 5.82 Å². The van der Waals surface area contributed by atoms with Crippen molar-refractivity contribution in [3.05, 3.63) is 89.9 Å². The Hall–Kier alpha value is -4.13. The highest BCUT2D eigenvalue weighted by Crippen LogP contribution is 2.17. The van der Waals surface area contributed by atoms with Crippen molar-refractivity contribution < 1.29 is 9.68 Å². The Bertz CT molecular complexity index is 1290. The molecule has 1 fully saturated rings. The van der Waals surface area contributed by atoms with Crippen molar-refractivity contribution in [2.75, 3.05) is 14.1 Å². The van der Waals surface area contributed by atoms with Gasteiger partial charge in [-0.3, -0.25) is 5.10 Å². The molecule has 0 saturated heterocycles. The third-order valence-corrected chi connectivity index (χ3v) is 6.43. The highest BCUT2D eigenvalue weighted by molar-refractivity contribution is 6.29. The van der Waals surface area contributed by atoms with Crippen LogP contribution >= 0.6 is 11.6 Å². The number of halogens is 1. The zero-order valence-electron chi connectivity index (χ0n) is 27.2. The van der Waals surface area contributed by atoms with Crippen LogP contribution in [-0.2, 0) is 22.9 Å². The van der Waals surface area contributed by atoms with Gasteiger partial charge in [0.1, 0.15) is 18.4 Å². The highest BCUT2D eigenvalue weighted by atomic mass is 35.5. The molecule has 1 aliphatic rings. The predicted octanol–water partition coefficient (Wildman–Crippen LogP) is 6.61. The Balaban J connectivity index is 0.000000325.